The van der Waals surface area contributed by atoms with E-state index >= 15 is 0 Å². The molecule has 0 saturated carbocycles. The van der Waals surface area contributed by atoms with Gasteiger partial charge >= 0.3 is 0 Å². The predicted octanol–water partition coefficient (Wildman–Crippen LogP) is 3.78. The molecule has 0 spiro atoms. The van der Waals surface area contributed by atoms with Crippen molar-refractivity contribution in [2.75, 3.05) is 5.32 Å². The minimum absolute atomic E-state index is 0.00109. The van der Waals surface area contributed by atoms with Crippen LogP contribution in [0.2, 0.25) is 0 Å². The van der Waals surface area contributed by atoms with Gasteiger partial charge < -0.3 is 10.6 Å². The number of pyridine rings is 1. The van der Waals surface area contributed by atoms with E-state index in [1.807, 2.05) is 48.5 Å². The van der Waals surface area contributed by atoms with Crippen LogP contribution in [0.1, 0.15) is 27.2 Å². The molecule has 1 unspecified atom stereocenters. The monoisotopic (exact) mass is 505 g/mol. The Balaban J connectivity index is 1.45. The van der Waals surface area contributed by atoms with Crippen molar-refractivity contribution in [1.29, 1.82) is 0 Å². The summed E-state index contributed by atoms with van der Waals surface area (Å²) in [5.74, 6) is -1.98. The van der Waals surface area contributed by atoms with Crippen molar-refractivity contribution in [3.05, 3.63) is 114 Å². The van der Waals surface area contributed by atoms with Gasteiger partial charge in [0.25, 0.3) is 11.8 Å². The number of aromatic nitrogens is 4. The minimum Gasteiger partial charge on any atom is -0.322 e. The van der Waals surface area contributed by atoms with Crippen molar-refractivity contribution in [1.82, 2.24) is 24.9 Å². The van der Waals surface area contributed by atoms with Crippen molar-refractivity contribution in [3.8, 4) is 11.3 Å². The molecule has 0 saturated heterocycles. The van der Waals surface area contributed by atoms with Crippen LogP contribution in [0, 0.1) is 12.9 Å². The number of hydrogen-bond acceptors (Lipinski definition) is 6. The minimum atomic E-state index is -1.28. The second-order valence-electron chi connectivity index (χ2n) is 8.66. The van der Waals surface area contributed by atoms with Crippen molar-refractivity contribution in [3.63, 3.8) is 0 Å². The smallest absolute Gasteiger partial charge is 0.269 e. The largest absolute Gasteiger partial charge is 0.322 e. The highest BCUT2D eigenvalue weighted by Gasteiger charge is 2.31. The van der Waals surface area contributed by atoms with Crippen LogP contribution in [0.15, 0.2) is 90.2 Å². The standard InChI is InChI=1S/C28H20FN7O2/c1-16-12-13-19(24(29)31-16)23-21(26-30-14-7-15-36(26)35-23)27(37)34-25-28(38)32-20-11-6-5-10-18(20)22(33-25)17-8-3-2-4-9-17/h2-15,25H,1H3,(H,32,38)(H,34,37). The zero-order chi connectivity index (χ0) is 26.2. The molecule has 10 heteroatoms. The number of benzodiazepines with no additional fused rings is 1. The number of anilines is 1. The maximum absolute atomic E-state index is 14.9. The summed E-state index contributed by atoms with van der Waals surface area (Å²) in [6.07, 6.45) is 1.82. The van der Waals surface area contributed by atoms with Gasteiger partial charge in [0.1, 0.15) is 11.3 Å². The molecule has 0 fully saturated rings. The quantitative estimate of drug-likeness (QED) is 0.361. The Labute approximate surface area is 216 Å². The van der Waals surface area contributed by atoms with Gasteiger partial charge in [0.2, 0.25) is 12.1 Å². The number of para-hydroxylation sites is 1. The lowest BCUT2D eigenvalue weighted by molar-refractivity contribution is -0.117. The number of fused-ring (bicyclic) bond motifs is 2. The average molecular weight is 506 g/mol. The highest BCUT2D eigenvalue weighted by molar-refractivity contribution is 6.20. The molecule has 38 heavy (non-hydrogen) atoms. The van der Waals surface area contributed by atoms with E-state index in [1.54, 1.807) is 31.3 Å². The van der Waals surface area contributed by atoms with E-state index in [0.29, 0.717) is 17.1 Å². The predicted molar refractivity (Wildman–Crippen MR) is 139 cm³/mol. The summed E-state index contributed by atoms with van der Waals surface area (Å²) in [6, 6.07) is 21.4. The molecule has 6 rings (SSSR count). The molecule has 3 aromatic heterocycles. The number of carbonyl (C=O) groups excluding carboxylic acids is 2. The summed E-state index contributed by atoms with van der Waals surface area (Å²) in [5.41, 5.74) is 3.38. The lowest BCUT2D eigenvalue weighted by atomic mass is 10.0. The van der Waals surface area contributed by atoms with E-state index in [0.717, 1.165) is 11.1 Å². The maximum atomic E-state index is 14.9. The normalized spacial score (nSPS) is 14.8. The Morgan fingerprint density at radius 3 is 2.61 bits per heavy atom. The number of rotatable bonds is 4. The first-order valence-corrected chi connectivity index (χ1v) is 11.8. The van der Waals surface area contributed by atoms with Gasteiger partial charge in [-0.15, -0.1) is 0 Å². The number of halogens is 1. The first-order valence-electron chi connectivity index (χ1n) is 11.8. The van der Waals surface area contributed by atoms with Crippen LogP contribution < -0.4 is 10.6 Å². The Bertz CT molecular complexity index is 1750. The summed E-state index contributed by atoms with van der Waals surface area (Å²) in [7, 11) is 0. The molecular formula is C28H20FN7O2. The first-order chi connectivity index (χ1) is 18.5. The third-order valence-corrected chi connectivity index (χ3v) is 6.13. The second kappa shape index (κ2) is 9.32. The van der Waals surface area contributed by atoms with E-state index < -0.39 is 23.9 Å². The van der Waals surface area contributed by atoms with Crippen LogP contribution in [0.25, 0.3) is 16.9 Å². The zero-order valence-corrected chi connectivity index (χ0v) is 20.1. The fourth-order valence-corrected chi connectivity index (χ4v) is 4.36. The van der Waals surface area contributed by atoms with Crippen molar-refractivity contribution in [2.24, 2.45) is 4.99 Å². The Hall–Kier alpha value is -5.25. The number of aliphatic imine (C=N–C) groups is 1. The van der Waals surface area contributed by atoms with Gasteiger partial charge in [-0.05, 0) is 31.2 Å². The Morgan fingerprint density at radius 1 is 1.00 bits per heavy atom. The van der Waals surface area contributed by atoms with Crippen molar-refractivity contribution < 1.29 is 14.0 Å². The lowest BCUT2D eigenvalue weighted by Crippen LogP contribution is -2.42. The molecule has 1 aliphatic heterocycles. The molecule has 0 aliphatic carbocycles. The van der Waals surface area contributed by atoms with E-state index in [1.165, 1.54) is 16.8 Å². The summed E-state index contributed by atoms with van der Waals surface area (Å²) in [4.78, 5) is 39.8. The number of carbonyl (C=O) groups is 2. The van der Waals surface area contributed by atoms with E-state index in [2.05, 4.69) is 30.7 Å². The van der Waals surface area contributed by atoms with Crippen LogP contribution in [0.3, 0.4) is 0 Å². The van der Waals surface area contributed by atoms with Crippen molar-refractivity contribution in [2.45, 2.75) is 13.1 Å². The molecule has 9 nitrogen and oxygen atoms in total. The molecule has 2 amide bonds. The number of aryl methyl sites for hydroxylation is 1. The Kier molecular flexibility index (Phi) is 5.68. The number of hydrogen-bond donors (Lipinski definition) is 2. The van der Waals surface area contributed by atoms with E-state index in [-0.39, 0.29) is 22.5 Å². The van der Waals surface area contributed by atoms with Gasteiger partial charge in [0.05, 0.1) is 17.0 Å². The molecule has 1 aliphatic rings. The molecule has 4 heterocycles. The highest BCUT2D eigenvalue weighted by Crippen LogP contribution is 2.28. The molecule has 0 radical (unpaired) electrons. The van der Waals surface area contributed by atoms with Gasteiger partial charge in [-0.2, -0.15) is 9.49 Å². The second-order valence-corrected chi connectivity index (χ2v) is 8.66. The number of amides is 2. The zero-order valence-electron chi connectivity index (χ0n) is 20.1. The third-order valence-electron chi connectivity index (χ3n) is 6.13. The molecule has 0 bridgehead atoms. The fourth-order valence-electron chi connectivity index (χ4n) is 4.36. The molecule has 2 aromatic carbocycles. The molecule has 2 N–H and O–H groups in total. The van der Waals surface area contributed by atoms with Crippen LogP contribution in [-0.4, -0.2) is 43.3 Å². The van der Waals surface area contributed by atoms with Crippen LogP contribution in [0.4, 0.5) is 10.1 Å². The molecular weight excluding hydrogens is 485 g/mol. The lowest BCUT2D eigenvalue weighted by Gasteiger charge is -2.13. The van der Waals surface area contributed by atoms with Crippen LogP contribution in [0.5, 0.6) is 0 Å². The van der Waals surface area contributed by atoms with Gasteiger partial charge in [-0.3, -0.25) is 9.59 Å². The van der Waals surface area contributed by atoms with Crippen LogP contribution >= 0.6 is 0 Å². The van der Waals surface area contributed by atoms with Crippen LogP contribution in [-0.2, 0) is 4.79 Å². The van der Waals surface area contributed by atoms with Gasteiger partial charge in [-0.1, -0.05) is 48.5 Å². The number of benzene rings is 2. The van der Waals surface area contributed by atoms with E-state index in [9.17, 15) is 14.0 Å². The number of nitrogens with zero attached hydrogens (tertiary/aromatic N) is 5. The highest BCUT2D eigenvalue weighted by atomic mass is 19.1. The maximum Gasteiger partial charge on any atom is 0.269 e. The molecule has 1 atom stereocenters. The van der Waals surface area contributed by atoms with Gasteiger partial charge in [-0.25, -0.2) is 19.5 Å². The first kappa shape index (κ1) is 23.2. The summed E-state index contributed by atoms with van der Waals surface area (Å²) >= 11 is 0. The topological polar surface area (TPSA) is 114 Å². The fraction of sp³-hybridized carbons (Fsp3) is 0.0714. The summed E-state index contributed by atoms with van der Waals surface area (Å²) < 4.78 is 16.3. The van der Waals surface area contributed by atoms with Gasteiger partial charge in [0, 0.05) is 29.2 Å². The summed E-state index contributed by atoms with van der Waals surface area (Å²) in [6.45, 7) is 1.66. The van der Waals surface area contributed by atoms with E-state index in [4.69, 9.17) is 0 Å². The van der Waals surface area contributed by atoms with Crippen molar-refractivity contribution >= 4 is 28.9 Å². The molecule has 186 valence electrons. The SMILES string of the molecule is Cc1ccc(-c2nn3cccnc3c2C(=O)NC2N=C(c3ccccc3)c3ccccc3NC2=O)c(F)n1. The Morgan fingerprint density at radius 2 is 1.79 bits per heavy atom. The summed E-state index contributed by atoms with van der Waals surface area (Å²) in [5, 5.41) is 9.95. The number of nitrogens with one attached hydrogen (secondary N) is 2. The average Bonchev–Trinajstić information content (AvgIpc) is 3.24. The third kappa shape index (κ3) is 4.07. The van der Waals surface area contributed by atoms with Gasteiger partial charge in [0.15, 0.2) is 5.65 Å². The molecule has 5 aromatic rings.